The third-order valence-electron chi connectivity index (χ3n) is 2.45. The third kappa shape index (κ3) is 3.64. The van der Waals surface area contributed by atoms with Crippen LogP contribution in [0, 0.1) is 0 Å². The van der Waals surface area contributed by atoms with Crippen molar-refractivity contribution in [3.05, 3.63) is 11.1 Å². The predicted octanol–water partition coefficient (Wildman–Crippen LogP) is 2.99. The van der Waals surface area contributed by atoms with Gasteiger partial charge in [0.15, 0.2) is 5.13 Å². The van der Waals surface area contributed by atoms with Crippen molar-refractivity contribution >= 4 is 28.2 Å². The van der Waals surface area contributed by atoms with E-state index in [1.54, 1.807) is 11.3 Å². The van der Waals surface area contributed by atoms with Crippen LogP contribution in [0.3, 0.4) is 0 Å². The molecule has 0 radical (unpaired) electrons. The van der Waals surface area contributed by atoms with E-state index in [2.05, 4.69) is 17.2 Å². The Morgan fingerprint density at radius 1 is 1.69 bits per heavy atom. The number of thioether (sulfide) groups is 1. The molecule has 0 amide bonds. The fourth-order valence-electron chi connectivity index (χ4n) is 1.67. The van der Waals surface area contributed by atoms with Crippen LogP contribution in [0.25, 0.3) is 0 Å². The van der Waals surface area contributed by atoms with Crippen LogP contribution in [-0.2, 0) is 10.5 Å². The highest BCUT2D eigenvalue weighted by atomic mass is 32.2. The van der Waals surface area contributed by atoms with Crippen molar-refractivity contribution in [1.82, 2.24) is 4.98 Å². The number of nitrogens with one attached hydrogen (secondary N) is 1. The molecule has 1 saturated heterocycles. The van der Waals surface area contributed by atoms with E-state index in [0.717, 1.165) is 29.8 Å². The van der Waals surface area contributed by atoms with Crippen molar-refractivity contribution in [3.63, 3.8) is 0 Å². The zero-order valence-corrected chi connectivity index (χ0v) is 11.2. The van der Waals surface area contributed by atoms with E-state index < -0.39 is 0 Å². The Morgan fingerprint density at radius 2 is 2.62 bits per heavy atom. The second-order valence-electron chi connectivity index (χ2n) is 3.81. The molecule has 5 heteroatoms. The van der Waals surface area contributed by atoms with Gasteiger partial charge in [0.1, 0.15) is 0 Å². The molecule has 1 aromatic heterocycles. The lowest BCUT2D eigenvalue weighted by molar-refractivity contribution is 0.129. The minimum Gasteiger partial charge on any atom is -0.377 e. The van der Waals surface area contributed by atoms with Crippen molar-refractivity contribution in [2.24, 2.45) is 0 Å². The summed E-state index contributed by atoms with van der Waals surface area (Å²) in [7, 11) is 0. The molecule has 1 aromatic rings. The molecular weight excluding hydrogens is 240 g/mol. The monoisotopic (exact) mass is 258 g/mol. The number of aromatic nitrogens is 1. The highest BCUT2D eigenvalue weighted by Gasteiger charge is 2.15. The molecule has 1 unspecified atom stereocenters. The fourth-order valence-corrected chi connectivity index (χ4v) is 3.75. The van der Waals surface area contributed by atoms with Gasteiger partial charge < -0.3 is 10.1 Å². The molecule has 1 atom stereocenters. The molecule has 0 aliphatic carbocycles. The molecule has 3 nitrogen and oxygen atoms in total. The molecule has 0 spiro atoms. The van der Waals surface area contributed by atoms with E-state index in [-0.39, 0.29) is 0 Å². The summed E-state index contributed by atoms with van der Waals surface area (Å²) in [6.07, 6.45) is 4.94. The molecule has 1 aliphatic rings. The number of rotatable bonds is 6. The minimum absolute atomic E-state index is 0.492. The van der Waals surface area contributed by atoms with E-state index >= 15 is 0 Å². The largest absolute Gasteiger partial charge is 0.377 e. The van der Waals surface area contributed by atoms with Crippen molar-refractivity contribution < 1.29 is 4.74 Å². The van der Waals surface area contributed by atoms with Gasteiger partial charge in [-0.3, -0.25) is 0 Å². The molecule has 0 saturated carbocycles. The molecule has 0 aromatic carbocycles. The van der Waals surface area contributed by atoms with E-state index in [4.69, 9.17) is 4.74 Å². The van der Waals surface area contributed by atoms with Crippen LogP contribution < -0.4 is 5.32 Å². The molecule has 1 N–H and O–H groups in total. The molecule has 2 rings (SSSR count). The Labute approximate surface area is 105 Å². The lowest BCUT2D eigenvalue weighted by Crippen LogP contribution is -2.07. The van der Waals surface area contributed by atoms with Gasteiger partial charge >= 0.3 is 0 Å². The first-order valence-corrected chi connectivity index (χ1v) is 7.73. The fraction of sp³-hybridized carbons (Fsp3) is 0.727. The van der Waals surface area contributed by atoms with Crippen LogP contribution in [0.1, 0.15) is 24.6 Å². The summed E-state index contributed by atoms with van der Waals surface area (Å²) in [6.45, 7) is 3.99. The number of nitrogens with zero attached hydrogens (tertiary/aromatic N) is 1. The van der Waals surface area contributed by atoms with E-state index in [1.165, 1.54) is 17.7 Å². The van der Waals surface area contributed by atoms with Crippen molar-refractivity contribution in [2.45, 2.75) is 31.6 Å². The molecule has 16 heavy (non-hydrogen) atoms. The number of thiazole rings is 1. The number of ether oxygens (including phenoxy) is 1. The van der Waals surface area contributed by atoms with Gasteiger partial charge in [0.2, 0.25) is 0 Å². The van der Waals surface area contributed by atoms with Gasteiger partial charge in [0.25, 0.3) is 0 Å². The van der Waals surface area contributed by atoms with Gasteiger partial charge in [0.05, 0.1) is 6.10 Å². The Bertz CT molecular complexity index is 311. The molecule has 1 fully saturated rings. The maximum atomic E-state index is 5.59. The normalized spacial score (nSPS) is 20.2. The minimum atomic E-state index is 0.492. The van der Waals surface area contributed by atoms with Gasteiger partial charge in [-0.15, -0.1) is 11.3 Å². The van der Waals surface area contributed by atoms with Crippen LogP contribution in [0.15, 0.2) is 6.20 Å². The second-order valence-corrected chi connectivity index (χ2v) is 5.96. The quantitative estimate of drug-likeness (QED) is 0.850. The van der Waals surface area contributed by atoms with E-state index in [9.17, 15) is 0 Å². The topological polar surface area (TPSA) is 34.2 Å². The Morgan fingerprint density at radius 3 is 3.38 bits per heavy atom. The zero-order valence-electron chi connectivity index (χ0n) is 9.57. The second kappa shape index (κ2) is 6.47. The molecular formula is C11H18N2OS2. The van der Waals surface area contributed by atoms with Crippen LogP contribution >= 0.6 is 23.1 Å². The molecule has 1 aliphatic heterocycles. The summed E-state index contributed by atoms with van der Waals surface area (Å²) in [5.41, 5.74) is 0. The van der Waals surface area contributed by atoms with Gasteiger partial charge in [-0.1, -0.05) is 0 Å². The Balaban J connectivity index is 1.67. The lowest BCUT2D eigenvalue weighted by Gasteiger charge is -2.07. The zero-order chi connectivity index (χ0) is 11.2. The average Bonchev–Trinajstić information content (AvgIpc) is 2.90. The lowest BCUT2D eigenvalue weighted by atomic mass is 10.3. The standard InChI is InChI=1S/C11H18N2OS2/c1-2-12-11-13-6-10(16-11)8-15-7-9-4-3-5-14-9/h6,9H,2-5,7-8H2,1H3,(H,12,13). The SMILES string of the molecule is CCNc1ncc(CSCC2CCCO2)s1. The average molecular weight is 258 g/mol. The van der Waals surface area contributed by atoms with Crippen LogP contribution in [0.4, 0.5) is 5.13 Å². The summed E-state index contributed by atoms with van der Waals surface area (Å²) >= 11 is 3.71. The maximum Gasteiger partial charge on any atom is 0.182 e. The van der Waals surface area contributed by atoms with Crippen LogP contribution in [0.5, 0.6) is 0 Å². The summed E-state index contributed by atoms with van der Waals surface area (Å²) in [6, 6.07) is 0. The van der Waals surface area contributed by atoms with Gasteiger partial charge in [-0.05, 0) is 19.8 Å². The highest BCUT2D eigenvalue weighted by Crippen LogP contribution is 2.24. The highest BCUT2D eigenvalue weighted by molar-refractivity contribution is 7.98. The number of hydrogen-bond donors (Lipinski definition) is 1. The van der Waals surface area contributed by atoms with Crippen LogP contribution in [0.2, 0.25) is 0 Å². The smallest absolute Gasteiger partial charge is 0.182 e. The Kier molecular flexibility index (Phi) is 4.93. The first-order chi connectivity index (χ1) is 7.88. The molecule has 90 valence electrons. The van der Waals surface area contributed by atoms with Crippen molar-refractivity contribution in [2.75, 3.05) is 24.2 Å². The molecule has 2 heterocycles. The molecule has 0 bridgehead atoms. The van der Waals surface area contributed by atoms with Gasteiger partial charge in [-0.2, -0.15) is 11.8 Å². The first kappa shape index (κ1) is 12.2. The van der Waals surface area contributed by atoms with Crippen molar-refractivity contribution in [3.8, 4) is 0 Å². The van der Waals surface area contributed by atoms with Crippen LogP contribution in [-0.4, -0.2) is 30.0 Å². The van der Waals surface area contributed by atoms with E-state index in [0.29, 0.717) is 6.10 Å². The predicted molar refractivity (Wildman–Crippen MR) is 71.4 cm³/mol. The number of hydrogen-bond acceptors (Lipinski definition) is 5. The van der Waals surface area contributed by atoms with Crippen molar-refractivity contribution in [1.29, 1.82) is 0 Å². The number of anilines is 1. The van der Waals surface area contributed by atoms with E-state index in [1.807, 2.05) is 18.0 Å². The third-order valence-corrected chi connectivity index (χ3v) is 4.71. The first-order valence-electron chi connectivity index (χ1n) is 5.76. The summed E-state index contributed by atoms with van der Waals surface area (Å²) in [5.74, 6) is 2.18. The van der Waals surface area contributed by atoms with Gasteiger partial charge in [0, 0.05) is 35.7 Å². The maximum absolute atomic E-state index is 5.59. The summed E-state index contributed by atoms with van der Waals surface area (Å²) in [5, 5.41) is 4.27. The van der Waals surface area contributed by atoms with Gasteiger partial charge in [-0.25, -0.2) is 4.98 Å². The summed E-state index contributed by atoms with van der Waals surface area (Å²) < 4.78 is 5.59. The Hall–Kier alpha value is -0.260. The summed E-state index contributed by atoms with van der Waals surface area (Å²) in [4.78, 5) is 5.67.